The standard InChI is InChI=1S/C20H22N2O3S/c1-16-8-7-11-18(20(23)22-13-5-6-14-22)19(16)21-26(24,25)15-12-17-9-3-2-4-10-17/h2-4,7-12,15,21H,5-6,13-14H2,1H3/b15-12+. The van der Waals surface area contributed by atoms with Gasteiger partial charge in [-0.25, -0.2) is 8.42 Å². The number of carbonyl (C=O) groups excluding carboxylic acids is 1. The molecule has 2 aromatic rings. The van der Waals surface area contributed by atoms with Crippen LogP contribution in [0.1, 0.15) is 34.3 Å². The second-order valence-corrected chi connectivity index (χ2v) is 7.92. The first-order valence-corrected chi connectivity index (χ1v) is 10.2. The molecule has 26 heavy (non-hydrogen) atoms. The number of amides is 1. The number of para-hydroxylation sites is 1. The second-order valence-electron chi connectivity index (χ2n) is 6.36. The van der Waals surface area contributed by atoms with E-state index in [2.05, 4.69) is 4.72 Å². The molecule has 0 unspecified atom stereocenters. The molecule has 1 aliphatic heterocycles. The molecular formula is C20H22N2O3S. The van der Waals surface area contributed by atoms with Gasteiger partial charge in [0.15, 0.2) is 0 Å². The van der Waals surface area contributed by atoms with Gasteiger partial charge >= 0.3 is 0 Å². The van der Waals surface area contributed by atoms with Crippen molar-refractivity contribution in [2.45, 2.75) is 19.8 Å². The molecule has 1 saturated heterocycles. The van der Waals surface area contributed by atoms with E-state index in [4.69, 9.17) is 0 Å². The van der Waals surface area contributed by atoms with E-state index in [0.29, 0.717) is 29.9 Å². The number of sulfonamides is 1. The first-order chi connectivity index (χ1) is 12.5. The Labute approximate surface area is 154 Å². The third-order valence-corrected chi connectivity index (χ3v) is 5.36. The maximum atomic E-state index is 12.8. The fourth-order valence-corrected chi connectivity index (χ4v) is 3.94. The summed E-state index contributed by atoms with van der Waals surface area (Å²) < 4.78 is 27.6. The van der Waals surface area contributed by atoms with Crippen LogP contribution in [-0.4, -0.2) is 32.3 Å². The Balaban J connectivity index is 1.86. The van der Waals surface area contributed by atoms with Crippen LogP contribution in [0.2, 0.25) is 0 Å². The largest absolute Gasteiger partial charge is 0.339 e. The minimum atomic E-state index is -3.74. The van der Waals surface area contributed by atoms with E-state index in [-0.39, 0.29) is 5.91 Å². The van der Waals surface area contributed by atoms with Gasteiger partial charge in [-0.05, 0) is 43.0 Å². The smallest absolute Gasteiger partial charge is 0.255 e. The van der Waals surface area contributed by atoms with E-state index in [0.717, 1.165) is 23.8 Å². The summed E-state index contributed by atoms with van der Waals surface area (Å²) in [6.45, 7) is 3.22. The minimum absolute atomic E-state index is 0.129. The summed E-state index contributed by atoms with van der Waals surface area (Å²) in [5.41, 5.74) is 2.24. The summed E-state index contributed by atoms with van der Waals surface area (Å²) in [7, 11) is -3.74. The molecule has 0 atom stereocenters. The molecule has 6 heteroatoms. The fourth-order valence-electron chi connectivity index (χ4n) is 2.98. The van der Waals surface area contributed by atoms with Crippen LogP contribution in [-0.2, 0) is 10.0 Å². The number of nitrogens with zero attached hydrogens (tertiary/aromatic N) is 1. The third-order valence-electron chi connectivity index (χ3n) is 4.38. The van der Waals surface area contributed by atoms with Gasteiger partial charge in [0.25, 0.3) is 15.9 Å². The lowest BCUT2D eigenvalue weighted by Gasteiger charge is -2.19. The van der Waals surface area contributed by atoms with Crippen molar-refractivity contribution < 1.29 is 13.2 Å². The van der Waals surface area contributed by atoms with E-state index < -0.39 is 10.0 Å². The molecule has 1 heterocycles. The Kier molecular flexibility index (Phi) is 5.42. The number of anilines is 1. The SMILES string of the molecule is Cc1cccc(C(=O)N2CCCC2)c1NS(=O)(=O)/C=C/c1ccccc1. The molecule has 0 spiro atoms. The van der Waals surface area contributed by atoms with Crippen LogP contribution in [0.5, 0.6) is 0 Å². The van der Waals surface area contributed by atoms with Gasteiger partial charge in [-0.1, -0.05) is 42.5 Å². The van der Waals surface area contributed by atoms with Gasteiger partial charge in [0.1, 0.15) is 0 Å². The Morgan fingerprint density at radius 3 is 2.42 bits per heavy atom. The Morgan fingerprint density at radius 1 is 1.04 bits per heavy atom. The van der Waals surface area contributed by atoms with Crippen LogP contribution >= 0.6 is 0 Å². The summed E-state index contributed by atoms with van der Waals surface area (Å²) in [6, 6.07) is 14.4. The molecule has 2 aromatic carbocycles. The molecule has 5 nitrogen and oxygen atoms in total. The molecule has 1 aliphatic rings. The van der Waals surface area contributed by atoms with E-state index in [1.54, 1.807) is 30.0 Å². The average molecular weight is 370 g/mol. The third kappa shape index (κ3) is 4.32. The van der Waals surface area contributed by atoms with Crippen molar-refractivity contribution in [1.29, 1.82) is 0 Å². The number of aryl methyl sites for hydroxylation is 1. The second kappa shape index (κ2) is 7.74. The van der Waals surface area contributed by atoms with Gasteiger partial charge in [-0.2, -0.15) is 0 Å². The number of nitrogens with one attached hydrogen (secondary N) is 1. The molecule has 3 rings (SSSR count). The van der Waals surface area contributed by atoms with Crippen molar-refractivity contribution in [3.8, 4) is 0 Å². The molecule has 0 aliphatic carbocycles. The van der Waals surface area contributed by atoms with Crippen molar-refractivity contribution in [2.75, 3.05) is 17.8 Å². The predicted molar refractivity (Wildman–Crippen MR) is 104 cm³/mol. The number of likely N-dealkylation sites (tertiary alicyclic amines) is 1. The highest BCUT2D eigenvalue weighted by atomic mass is 32.2. The molecule has 1 fully saturated rings. The van der Waals surface area contributed by atoms with Crippen molar-refractivity contribution >= 4 is 27.7 Å². The normalized spacial score (nSPS) is 14.7. The van der Waals surface area contributed by atoms with Crippen LogP contribution in [0.3, 0.4) is 0 Å². The number of hydrogen-bond acceptors (Lipinski definition) is 3. The zero-order chi connectivity index (χ0) is 18.6. The summed E-state index contributed by atoms with van der Waals surface area (Å²) >= 11 is 0. The highest BCUT2D eigenvalue weighted by Crippen LogP contribution is 2.25. The Bertz CT molecular complexity index is 915. The van der Waals surface area contributed by atoms with Crippen LogP contribution in [0.15, 0.2) is 53.9 Å². The van der Waals surface area contributed by atoms with Gasteiger partial charge in [-0.15, -0.1) is 0 Å². The van der Waals surface area contributed by atoms with Crippen molar-refractivity contribution in [3.05, 3.63) is 70.6 Å². The van der Waals surface area contributed by atoms with Gasteiger partial charge in [0.2, 0.25) is 0 Å². The predicted octanol–water partition coefficient (Wildman–Crippen LogP) is 3.64. The fraction of sp³-hybridized carbons (Fsp3) is 0.250. The van der Waals surface area contributed by atoms with Crippen molar-refractivity contribution in [1.82, 2.24) is 4.90 Å². The molecule has 1 N–H and O–H groups in total. The topological polar surface area (TPSA) is 66.5 Å². The Hall–Kier alpha value is -2.60. The maximum absolute atomic E-state index is 12.8. The Morgan fingerprint density at radius 2 is 1.73 bits per heavy atom. The minimum Gasteiger partial charge on any atom is -0.339 e. The first kappa shape index (κ1) is 18.2. The maximum Gasteiger partial charge on any atom is 0.255 e. The van der Waals surface area contributed by atoms with Crippen LogP contribution in [0.4, 0.5) is 5.69 Å². The van der Waals surface area contributed by atoms with Crippen LogP contribution in [0, 0.1) is 6.92 Å². The van der Waals surface area contributed by atoms with Gasteiger partial charge in [-0.3, -0.25) is 9.52 Å². The van der Waals surface area contributed by atoms with E-state index in [9.17, 15) is 13.2 Å². The quantitative estimate of drug-likeness (QED) is 0.874. The van der Waals surface area contributed by atoms with Crippen molar-refractivity contribution in [2.24, 2.45) is 0 Å². The lowest BCUT2D eigenvalue weighted by molar-refractivity contribution is 0.0794. The van der Waals surface area contributed by atoms with Crippen LogP contribution in [0.25, 0.3) is 6.08 Å². The van der Waals surface area contributed by atoms with Gasteiger partial charge < -0.3 is 4.90 Å². The van der Waals surface area contributed by atoms with Crippen LogP contribution < -0.4 is 4.72 Å². The number of benzene rings is 2. The number of carbonyl (C=O) groups is 1. The first-order valence-electron chi connectivity index (χ1n) is 8.61. The molecular weight excluding hydrogens is 348 g/mol. The molecule has 0 radical (unpaired) electrons. The molecule has 136 valence electrons. The van der Waals surface area contributed by atoms with E-state index >= 15 is 0 Å². The number of hydrogen-bond donors (Lipinski definition) is 1. The molecule has 0 bridgehead atoms. The lowest BCUT2D eigenvalue weighted by Crippen LogP contribution is -2.29. The summed E-state index contributed by atoms with van der Waals surface area (Å²) in [5.74, 6) is -0.129. The summed E-state index contributed by atoms with van der Waals surface area (Å²) in [5, 5.41) is 1.12. The monoisotopic (exact) mass is 370 g/mol. The highest BCUT2D eigenvalue weighted by molar-refractivity contribution is 7.95. The average Bonchev–Trinajstić information content (AvgIpc) is 3.17. The van der Waals surface area contributed by atoms with Gasteiger partial charge in [0.05, 0.1) is 16.7 Å². The highest BCUT2D eigenvalue weighted by Gasteiger charge is 2.23. The zero-order valence-corrected chi connectivity index (χ0v) is 15.5. The van der Waals surface area contributed by atoms with E-state index in [1.807, 2.05) is 30.3 Å². The summed E-state index contributed by atoms with van der Waals surface area (Å²) in [4.78, 5) is 14.5. The zero-order valence-electron chi connectivity index (χ0n) is 14.7. The molecule has 0 saturated carbocycles. The molecule has 1 amide bonds. The van der Waals surface area contributed by atoms with Gasteiger partial charge in [0, 0.05) is 13.1 Å². The summed E-state index contributed by atoms with van der Waals surface area (Å²) in [6.07, 6.45) is 3.50. The number of rotatable bonds is 5. The van der Waals surface area contributed by atoms with Crippen molar-refractivity contribution in [3.63, 3.8) is 0 Å². The van der Waals surface area contributed by atoms with E-state index in [1.165, 1.54) is 6.08 Å². The molecule has 0 aromatic heterocycles. The lowest BCUT2D eigenvalue weighted by atomic mass is 10.1.